The second-order valence-corrected chi connectivity index (χ2v) is 6.78. The Bertz CT molecular complexity index is 473. The molecule has 3 rings (SSSR count). The van der Waals surface area contributed by atoms with E-state index in [1.54, 1.807) is 4.90 Å². The zero-order valence-corrected chi connectivity index (χ0v) is 12.6. The van der Waals surface area contributed by atoms with Crippen molar-refractivity contribution in [3.8, 4) is 0 Å². The number of cyclic esters (lactones) is 1. The smallest absolute Gasteiger partial charge is 0.409 e. The summed E-state index contributed by atoms with van der Waals surface area (Å²) in [5.74, 6) is 0.713. The van der Waals surface area contributed by atoms with Crippen molar-refractivity contribution in [3.63, 3.8) is 0 Å². The lowest BCUT2D eigenvalue weighted by molar-refractivity contribution is 0.156. The Morgan fingerprint density at radius 2 is 2.45 bits per heavy atom. The second kappa shape index (κ2) is 6.10. The fourth-order valence-electron chi connectivity index (χ4n) is 2.51. The van der Waals surface area contributed by atoms with Crippen LogP contribution in [0.2, 0.25) is 0 Å². The average Bonchev–Trinajstić information content (AvgIpc) is 2.96. The average molecular weight is 295 g/mol. The SMILES string of the molecule is C[C@H](CN1CCOC1=O)NCc1cnc(C2CCC2)s1. The number of nitrogens with one attached hydrogen (secondary N) is 1. The Balaban J connectivity index is 1.43. The topological polar surface area (TPSA) is 54.5 Å². The highest BCUT2D eigenvalue weighted by Gasteiger charge is 2.24. The van der Waals surface area contributed by atoms with E-state index in [1.165, 1.54) is 29.1 Å². The van der Waals surface area contributed by atoms with Crippen LogP contribution in [-0.2, 0) is 11.3 Å². The largest absolute Gasteiger partial charge is 0.448 e. The van der Waals surface area contributed by atoms with Gasteiger partial charge in [0.25, 0.3) is 0 Å². The van der Waals surface area contributed by atoms with Crippen LogP contribution in [0.3, 0.4) is 0 Å². The molecule has 1 aliphatic heterocycles. The van der Waals surface area contributed by atoms with Crippen molar-refractivity contribution in [1.82, 2.24) is 15.2 Å². The van der Waals surface area contributed by atoms with Gasteiger partial charge in [0.1, 0.15) is 6.61 Å². The first-order valence-corrected chi connectivity index (χ1v) is 8.13. The third-order valence-electron chi connectivity index (χ3n) is 3.99. The number of nitrogens with zero attached hydrogens (tertiary/aromatic N) is 2. The molecule has 1 aliphatic carbocycles. The van der Waals surface area contributed by atoms with E-state index in [1.807, 2.05) is 17.5 Å². The third kappa shape index (κ3) is 3.12. The zero-order valence-electron chi connectivity index (χ0n) is 11.8. The Morgan fingerprint density at radius 3 is 3.10 bits per heavy atom. The first kappa shape index (κ1) is 13.8. The molecule has 0 unspecified atom stereocenters. The van der Waals surface area contributed by atoms with Gasteiger partial charge in [0, 0.05) is 36.1 Å². The number of thiazole rings is 1. The molecule has 1 aromatic rings. The number of ether oxygens (including phenoxy) is 1. The van der Waals surface area contributed by atoms with Gasteiger partial charge in [0.2, 0.25) is 0 Å². The fraction of sp³-hybridized carbons (Fsp3) is 0.714. The van der Waals surface area contributed by atoms with Crippen LogP contribution in [0.15, 0.2) is 6.20 Å². The van der Waals surface area contributed by atoms with Crippen LogP contribution in [0.4, 0.5) is 4.79 Å². The molecule has 5 nitrogen and oxygen atoms in total. The summed E-state index contributed by atoms with van der Waals surface area (Å²) in [6.45, 7) is 4.85. The second-order valence-electron chi connectivity index (χ2n) is 5.63. The molecule has 2 aliphatic rings. The van der Waals surface area contributed by atoms with Crippen LogP contribution >= 0.6 is 11.3 Å². The standard InChI is InChI=1S/C14H21N3O2S/c1-10(9-17-5-6-19-14(17)18)15-7-12-8-16-13(20-12)11-3-2-4-11/h8,10-11,15H,2-7,9H2,1H3/t10-/m1/s1. The van der Waals surface area contributed by atoms with Gasteiger partial charge in [-0.15, -0.1) is 11.3 Å². The maximum Gasteiger partial charge on any atom is 0.409 e. The van der Waals surface area contributed by atoms with E-state index in [-0.39, 0.29) is 12.1 Å². The van der Waals surface area contributed by atoms with Crippen LogP contribution in [0, 0.1) is 0 Å². The lowest BCUT2D eigenvalue weighted by atomic mass is 9.86. The van der Waals surface area contributed by atoms with Crippen molar-refractivity contribution < 1.29 is 9.53 Å². The van der Waals surface area contributed by atoms with Crippen molar-refractivity contribution >= 4 is 17.4 Å². The molecule has 110 valence electrons. The van der Waals surface area contributed by atoms with Crippen molar-refractivity contribution in [2.45, 2.75) is 44.7 Å². The summed E-state index contributed by atoms with van der Waals surface area (Å²) < 4.78 is 4.93. The molecule has 2 heterocycles. The van der Waals surface area contributed by atoms with Crippen molar-refractivity contribution in [1.29, 1.82) is 0 Å². The highest BCUT2D eigenvalue weighted by molar-refractivity contribution is 7.11. The summed E-state index contributed by atoms with van der Waals surface area (Å²) in [6.07, 6.45) is 5.74. The monoisotopic (exact) mass is 295 g/mol. The van der Waals surface area contributed by atoms with E-state index in [9.17, 15) is 4.79 Å². The van der Waals surface area contributed by atoms with Gasteiger partial charge in [0.05, 0.1) is 11.6 Å². The molecule has 0 aromatic carbocycles. The summed E-state index contributed by atoms with van der Waals surface area (Å²) in [6, 6.07) is 0.259. The maximum atomic E-state index is 11.4. The third-order valence-corrected chi connectivity index (χ3v) is 5.15. The first-order chi connectivity index (χ1) is 9.72. The molecule has 0 radical (unpaired) electrons. The molecule has 1 atom stereocenters. The van der Waals surface area contributed by atoms with Crippen molar-refractivity contribution in [2.24, 2.45) is 0 Å². The molecule has 1 aromatic heterocycles. The lowest BCUT2D eigenvalue weighted by Crippen LogP contribution is -2.39. The number of hydrogen-bond acceptors (Lipinski definition) is 5. The van der Waals surface area contributed by atoms with Gasteiger partial charge >= 0.3 is 6.09 Å². The minimum absolute atomic E-state index is 0.191. The summed E-state index contributed by atoms with van der Waals surface area (Å²) >= 11 is 1.82. The van der Waals surface area contributed by atoms with E-state index < -0.39 is 0 Å². The Hall–Kier alpha value is -1.14. The number of aromatic nitrogens is 1. The minimum atomic E-state index is -0.191. The summed E-state index contributed by atoms with van der Waals surface area (Å²) in [5.41, 5.74) is 0. The number of hydrogen-bond donors (Lipinski definition) is 1. The van der Waals surface area contributed by atoms with Crippen molar-refractivity contribution in [3.05, 3.63) is 16.1 Å². The molecule has 0 bridgehead atoms. The number of rotatable bonds is 6. The number of amides is 1. The highest BCUT2D eigenvalue weighted by atomic mass is 32.1. The van der Waals surface area contributed by atoms with Gasteiger partial charge in [0.15, 0.2) is 0 Å². The molecule has 1 amide bonds. The van der Waals surface area contributed by atoms with Crippen LogP contribution in [0.1, 0.15) is 42.0 Å². The van der Waals surface area contributed by atoms with Crippen molar-refractivity contribution in [2.75, 3.05) is 19.7 Å². The number of carbonyl (C=O) groups excluding carboxylic acids is 1. The molecular formula is C14H21N3O2S. The molecule has 2 fully saturated rings. The predicted molar refractivity (Wildman–Crippen MR) is 77.9 cm³/mol. The molecule has 1 saturated heterocycles. The van der Waals surface area contributed by atoms with Crippen LogP contribution < -0.4 is 5.32 Å². The molecule has 1 saturated carbocycles. The van der Waals surface area contributed by atoms with Gasteiger partial charge in [-0.1, -0.05) is 6.42 Å². The van der Waals surface area contributed by atoms with Crippen LogP contribution in [0.5, 0.6) is 0 Å². The maximum absolute atomic E-state index is 11.4. The van der Waals surface area contributed by atoms with Crippen LogP contribution in [0.25, 0.3) is 0 Å². The van der Waals surface area contributed by atoms with E-state index in [0.717, 1.165) is 6.54 Å². The van der Waals surface area contributed by atoms with Gasteiger partial charge in [-0.3, -0.25) is 0 Å². The Morgan fingerprint density at radius 1 is 1.60 bits per heavy atom. The molecule has 1 N–H and O–H groups in total. The normalized spacial score (nSPS) is 20.9. The highest BCUT2D eigenvalue weighted by Crippen LogP contribution is 2.38. The van der Waals surface area contributed by atoms with E-state index in [4.69, 9.17) is 4.74 Å². The lowest BCUT2D eigenvalue weighted by Gasteiger charge is -2.22. The fourth-order valence-corrected chi connectivity index (χ4v) is 3.55. The molecule has 0 spiro atoms. The quantitative estimate of drug-likeness (QED) is 0.875. The summed E-state index contributed by atoms with van der Waals surface area (Å²) in [7, 11) is 0. The van der Waals surface area contributed by atoms with E-state index >= 15 is 0 Å². The predicted octanol–water partition coefficient (Wildman–Crippen LogP) is 2.34. The van der Waals surface area contributed by atoms with Crippen LogP contribution in [-0.4, -0.2) is 41.7 Å². The number of carbonyl (C=O) groups is 1. The summed E-state index contributed by atoms with van der Waals surface area (Å²) in [4.78, 5) is 18.9. The first-order valence-electron chi connectivity index (χ1n) is 7.32. The van der Waals surface area contributed by atoms with Gasteiger partial charge < -0.3 is 15.0 Å². The molecule has 6 heteroatoms. The minimum Gasteiger partial charge on any atom is -0.448 e. The molecular weight excluding hydrogens is 274 g/mol. The van der Waals surface area contributed by atoms with E-state index in [2.05, 4.69) is 17.2 Å². The van der Waals surface area contributed by atoms with Gasteiger partial charge in [-0.05, 0) is 19.8 Å². The van der Waals surface area contributed by atoms with E-state index in [0.29, 0.717) is 25.6 Å². The molecule has 20 heavy (non-hydrogen) atoms. The Kier molecular flexibility index (Phi) is 4.21. The Labute approximate surface area is 123 Å². The van der Waals surface area contributed by atoms with Gasteiger partial charge in [-0.25, -0.2) is 9.78 Å². The zero-order chi connectivity index (χ0) is 13.9. The summed E-state index contributed by atoms with van der Waals surface area (Å²) in [5, 5.41) is 4.75. The van der Waals surface area contributed by atoms with Gasteiger partial charge in [-0.2, -0.15) is 0 Å².